The Morgan fingerprint density at radius 2 is 1.56 bits per heavy atom. The lowest BCUT2D eigenvalue weighted by atomic mass is 10.2. The summed E-state index contributed by atoms with van der Waals surface area (Å²) in [5.74, 6) is -1.44. The van der Waals surface area contributed by atoms with Crippen LogP contribution in [0.15, 0.2) is 42.5 Å². The van der Waals surface area contributed by atoms with Crippen LogP contribution in [-0.2, 0) is 9.59 Å². The van der Waals surface area contributed by atoms with Gasteiger partial charge in [-0.05, 0) is 68.8 Å². The lowest BCUT2D eigenvalue weighted by molar-refractivity contribution is -0.133. The number of benzene rings is 2. The lowest BCUT2D eigenvalue weighted by Gasteiger charge is -2.21. The summed E-state index contributed by atoms with van der Waals surface area (Å²) in [5, 5.41) is 5.76. The molecule has 2 aromatic rings. The number of nitrogens with zero attached hydrogens (tertiary/aromatic N) is 1. The minimum atomic E-state index is -0.724. The van der Waals surface area contributed by atoms with E-state index in [-0.39, 0.29) is 0 Å². The molecule has 25 heavy (non-hydrogen) atoms. The van der Waals surface area contributed by atoms with E-state index in [9.17, 15) is 9.59 Å². The third kappa shape index (κ3) is 4.97. The van der Waals surface area contributed by atoms with E-state index < -0.39 is 11.8 Å². The van der Waals surface area contributed by atoms with Gasteiger partial charge in [0.2, 0.25) is 0 Å². The van der Waals surface area contributed by atoms with E-state index in [4.69, 9.17) is 11.6 Å². The molecule has 0 bridgehead atoms. The number of halogens is 1. The highest BCUT2D eigenvalue weighted by molar-refractivity contribution is 6.43. The normalized spacial score (nSPS) is 10.2. The van der Waals surface area contributed by atoms with Gasteiger partial charge in [-0.15, -0.1) is 0 Å². The second-order valence-electron chi connectivity index (χ2n) is 5.59. The molecular weight excluding hydrogens is 338 g/mol. The molecule has 0 aliphatic carbocycles. The Labute approximate surface area is 153 Å². The maximum absolute atomic E-state index is 12.1. The van der Waals surface area contributed by atoms with Gasteiger partial charge in [0.15, 0.2) is 0 Å². The summed E-state index contributed by atoms with van der Waals surface area (Å²) in [4.78, 5) is 26.3. The Morgan fingerprint density at radius 1 is 0.960 bits per heavy atom. The highest BCUT2D eigenvalue weighted by atomic mass is 35.5. The number of hydrogen-bond donors (Lipinski definition) is 2. The molecule has 0 saturated carbocycles. The van der Waals surface area contributed by atoms with E-state index in [1.807, 2.05) is 19.1 Å². The molecule has 2 aromatic carbocycles. The monoisotopic (exact) mass is 359 g/mol. The molecule has 2 amide bonds. The molecule has 0 fully saturated rings. The minimum absolute atomic E-state index is 0.557. The van der Waals surface area contributed by atoms with Crippen LogP contribution < -0.4 is 15.5 Å². The maximum atomic E-state index is 12.1. The zero-order chi connectivity index (χ0) is 18.4. The van der Waals surface area contributed by atoms with Gasteiger partial charge in [-0.1, -0.05) is 11.6 Å². The fraction of sp³-hybridized carbons (Fsp3) is 0.263. The zero-order valence-electron chi connectivity index (χ0n) is 14.6. The van der Waals surface area contributed by atoms with Gasteiger partial charge < -0.3 is 15.5 Å². The van der Waals surface area contributed by atoms with Crippen molar-refractivity contribution < 1.29 is 9.59 Å². The van der Waals surface area contributed by atoms with Crippen molar-refractivity contribution in [3.8, 4) is 0 Å². The van der Waals surface area contributed by atoms with Crippen molar-refractivity contribution in [1.82, 2.24) is 0 Å². The number of nitrogens with one attached hydrogen (secondary N) is 2. The summed E-state index contributed by atoms with van der Waals surface area (Å²) in [5.41, 5.74) is 2.99. The topological polar surface area (TPSA) is 61.4 Å². The van der Waals surface area contributed by atoms with E-state index in [0.29, 0.717) is 16.4 Å². The van der Waals surface area contributed by atoms with E-state index in [0.717, 1.165) is 24.3 Å². The zero-order valence-corrected chi connectivity index (χ0v) is 15.4. The summed E-state index contributed by atoms with van der Waals surface area (Å²) in [6, 6.07) is 12.5. The van der Waals surface area contributed by atoms with Crippen LogP contribution in [0, 0.1) is 6.92 Å². The highest BCUT2D eigenvalue weighted by Crippen LogP contribution is 2.20. The third-order valence-corrected chi connectivity index (χ3v) is 4.13. The van der Waals surface area contributed by atoms with Gasteiger partial charge in [0, 0.05) is 35.2 Å². The van der Waals surface area contributed by atoms with E-state index in [1.165, 1.54) is 0 Å². The first kappa shape index (κ1) is 18.8. The van der Waals surface area contributed by atoms with Gasteiger partial charge >= 0.3 is 11.8 Å². The molecule has 0 saturated heterocycles. The number of rotatable bonds is 5. The largest absolute Gasteiger partial charge is 0.372 e. The molecule has 0 aliphatic heterocycles. The number of aryl methyl sites for hydroxylation is 1. The Balaban J connectivity index is 2.00. The molecule has 5 nitrogen and oxygen atoms in total. The fourth-order valence-electron chi connectivity index (χ4n) is 2.48. The molecule has 6 heteroatoms. The number of anilines is 3. The standard InChI is InChI=1S/C19H22ClN3O2/c1-4-23(5-2)16-9-7-15(8-10-16)21-18(24)19(25)22-17-11-6-14(20)12-13(17)3/h6-12H,4-5H2,1-3H3,(H,21,24)(H,22,25). The van der Waals surface area contributed by atoms with Gasteiger partial charge in [-0.3, -0.25) is 9.59 Å². The van der Waals surface area contributed by atoms with Crippen LogP contribution in [0.4, 0.5) is 17.1 Å². The van der Waals surface area contributed by atoms with Crippen molar-refractivity contribution in [3.05, 3.63) is 53.1 Å². The number of carbonyl (C=O) groups excluding carboxylic acids is 2. The molecule has 132 valence electrons. The SMILES string of the molecule is CCN(CC)c1ccc(NC(=O)C(=O)Nc2ccc(Cl)cc2C)cc1. The Kier molecular flexibility index (Phi) is 6.42. The van der Waals surface area contributed by atoms with Crippen molar-refractivity contribution in [2.45, 2.75) is 20.8 Å². The van der Waals surface area contributed by atoms with Crippen LogP contribution in [0.25, 0.3) is 0 Å². The van der Waals surface area contributed by atoms with Crippen LogP contribution in [0.1, 0.15) is 19.4 Å². The van der Waals surface area contributed by atoms with E-state index in [2.05, 4.69) is 29.4 Å². The molecule has 0 radical (unpaired) electrons. The predicted molar refractivity (Wildman–Crippen MR) is 103 cm³/mol. The number of amides is 2. The smallest absolute Gasteiger partial charge is 0.314 e. The summed E-state index contributed by atoms with van der Waals surface area (Å²) < 4.78 is 0. The molecule has 0 unspecified atom stereocenters. The van der Waals surface area contributed by atoms with Crippen molar-refractivity contribution in [3.63, 3.8) is 0 Å². The molecule has 0 spiro atoms. The number of hydrogen-bond acceptors (Lipinski definition) is 3. The van der Waals surface area contributed by atoms with Crippen molar-refractivity contribution in [1.29, 1.82) is 0 Å². The summed E-state index contributed by atoms with van der Waals surface area (Å²) in [7, 11) is 0. The van der Waals surface area contributed by atoms with Gasteiger partial charge in [0.25, 0.3) is 0 Å². The van der Waals surface area contributed by atoms with Gasteiger partial charge in [-0.2, -0.15) is 0 Å². The summed E-state index contributed by atoms with van der Waals surface area (Å²) in [6.45, 7) is 7.80. The predicted octanol–water partition coefficient (Wildman–Crippen LogP) is 4.07. The second-order valence-corrected chi connectivity index (χ2v) is 6.02. The van der Waals surface area contributed by atoms with Gasteiger partial charge in [0.05, 0.1) is 0 Å². The quantitative estimate of drug-likeness (QED) is 0.791. The highest BCUT2D eigenvalue weighted by Gasteiger charge is 2.15. The first-order valence-corrected chi connectivity index (χ1v) is 8.55. The van der Waals surface area contributed by atoms with E-state index >= 15 is 0 Å². The Morgan fingerprint density at radius 3 is 2.12 bits per heavy atom. The summed E-state index contributed by atoms with van der Waals surface area (Å²) >= 11 is 5.88. The van der Waals surface area contributed by atoms with Crippen LogP contribution in [0.2, 0.25) is 5.02 Å². The Bertz CT molecular complexity index is 756. The first-order valence-electron chi connectivity index (χ1n) is 8.18. The van der Waals surface area contributed by atoms with E-state index in [1.54, 1.807) is 30.3 Å². The summed E-state index contributed by atoms with van der Waals surface area (Å²) in [6.07, 6.45) is 0. The van der Waals surface area contributed by atoms with Crippen LogP contribution in [0.5, 0.6) is 0 Å². The Hall–Kier alpha value is -2.53. The van der Waals surface area contributed by atoms with Gasteiger partial charge in [0.1, 0.15) is 0 Å². The second kappa shape index (κ2) is 8.53. The minimum Gasteiger partial charge on any atom is -0.372 e. The average molecular weight is 360 g/mol. The van der Waals surface area contributed by atoms with Crippen LogP contribution >= 0.6 is 11.6 Å². The average Bonchev–Trinajstić information content (AvgIpc) is 2.59. The number of carbonyl (C=O) groups is 2. The fourth-order valence-corrected chi connectivity index (χ4v) is 2.71. The van der Waals surface area contributed by atoms with Crippen LogP contribution in [0.3, 0.4) is 0 Å². The van der Waals surface area contributed by atoms with Crippen LogP contribution in [-0.4, -0.2) is 24.9 Å². The molecule has 0 aliphatic rings. The molecule has 2 rings (SSSR count). The molecule has 0 heterocycles. The van der Waals surface area contributed by atoms with Crippen molar-refractivity contribution >= 4 is 40.5 Å². The lowest BCUT2D eigenvalue weighted by Crippen LogP contribution is -2.29. The van der Waals surface area contributed by atoms with Gasteiger partial charge in [-0.25, -0.2) is 0 Å². The van der Waals surface area contributed by atoms with Crippen molar-refractivity contribution in [2.75, 3.05) is 28.6 Å². The molecule has 2 N–H and O–H groups in total. The molecular formula is C19H22ClN3O2. The van der Waals surface area contributed by atoms with Crippen molar-refractivity contribution in [2.24, 2.45) is 0 Å². The molecule has 0 atom stereocenters. The molecule has 0 aromatic heterocycles. The third-order valence-electron chi connectivity index (χ3n) is 3.90. The maximum Gasteiger partial charge on any atom is 0.314 e. The first-order chi connectivity index (χ1) is 11.9.